The van der Waals surface area contributed by atoms with E-state index < -0.39 is 0 Å². The molecule has 4 rings (SSSR count). The number of carbonyl (C=O) groups excluding carboxylic acids is 1. The maximum Gasteiger partial charge on any atom is 0.254 e. The van der Waals surface area contributed by atoms with Gasteiger partial charge in [-0.15, -0.1) is 0 Å². The Balaban J connectivity index is 1.54. The van der Waals surface area contributed by atoms with Crippen molar-refractivity contribution in [1.29, 1.82) is 0 Å². The van der Waals surface area contributed by atoms with E-state index in [1.165, 1.54) is 0 Å². The summed E-state index contributed by atoms with van der Waals surface area (Å²) in [7, 11) is 0. The van der Waals surface area contributed by atoms with Crippen molar-refractivity contribution in [1.82, 2.24) is 29.2 Å². The molecular formula is C17H18N6O. The summed E-state index contributed by atoms with van der Waals surface area (Å²) in [6.45, 7) is 1.46. The number of imidazole rings is 1. The van der Waals surface area contributed by atoms with E-state index in [4.69, 9.17) is 0 Å². The monoisotopic (exact) mass is 322 g/mol. The number of hydrogen-bond acceptors (Lipinski definition) is 4. The van der Waals surface area contributed by atoms with Gasteiger partial charge in [-0.2, -0.15) is 5.10 Å². The molecule has 4 heterocycles. The summed E-state index contributed by atoms with van der Waals surface area (Å²) in [4.78, 5) is 23.1. The Kier molecular flexibility index (Phi) is 3.82. The highest BCUT2D eigenvalue weighted by molar-refractivity contribution is 5.94. The number of aromatic nitrogens is 5. The zero-order chi connectivity index (χ0) is 16.4. The van der Waals surface area contributed by atoms with Crippen molar-refractivity contribution in [3.8, 4) is 5.82 Å². The summed E-state index contributed by atoms with van der Waals surface area (Å²) in [6.07, 6.45) is 12.6. The Bertz CT molecular complexity index is 811. The molecule has 3 aromatic heterocycles. The number of rotatable bonds is 3. The van der Waals surface area contributed by atoms with E-state index >= 15 is 0 Å². The molecule has 1 fully saturated rings. The quantitative estimate of drug-likeness (QED) is 0.739. The molecule has 0 N–H and O–H groups in total. The van der Waals surface area contributed by atoms with Crippen LogP contribution in [0.25, 0.3) is 5.82 Å². The standard InChI is InChI=1S/C17H18N6O/c24-17(14-4-6-19-16(11-14)22-10-7-18-13-22)21-8-1-3-15(12-21)23-9-2-5-20-23/h2,4-7,9-11,13,15H,1,3,8,12H2/t15-/m1/s1. The third-order valence-corrected chi connectivity index (χ3v) is 4.34. The minimum absolute atomic E-state index is 0.0376. The Labute approximate surface area is 139 Å². The summed E-state index contributed by atoms with van der Waals surface area (Å²) in [5.74, 6) is 0.731. The molecule has 1 aliphatic heterocycles. The van der Waals surface area contributed by atoms with E-state index in [-0.39, 0.29) is 11.9 Å². The van der Waals surface area contributed by atoms with Crippen molar-refractivity contribution in [2.24, 2.45) is 0 Å². The minimum atomic E-state index is 0.0376. The van der Waals surface area contributed by atoms with Gasteiger partial charge in [-0.25, -0.2) is 9.97 Å². The van der Waals surface area contributed by atoms with Crippen molar-refractivity contribution in [2.45, 2.75) is 18.9 Å². The molecule has 0 aromatic carbocycles. The first-order valence-corrected chi connectivity index (χ1v) is 8.04. The third-order valence-electron chi connectivity index (χ3n) is 4.34. The molecule has 0 saturated carbocycles. The second-order valence-electron chi connectivity index (χ2n) is 5.91. The second-order valence-corrected chi connectivity index (χ2v) is 5.91. The van der Waals surface area contributed by atoms with Crippen LogP contribution in [0.3, 0.4) is 0 Å². The van der Waals surface area contributed by atoms with Gasteiger partial charge in [-0.3, -0.25) is 14.0 Å². The van der Waals surface area contributed by atoms with Gasteiger partial charge in [0.1, 0.15) is 12.1 Å². The zero-order valence-corrected chi connectivity index (χ0v) is 13.2. The van der Waals surface area contributed by atoms with Crippen LogP contribution in [0.1, 0.15) is 29.2 Å². The van der Waals surface area contributed by atoms with Gasteiger partial charge in [0.2, 0.25) is 0 Å². The molecule has 7 nitrogen and oxygen atoms in total. The van der Waals surface area contributed by atoms with Crippen LogP contribution in [-0.2, 0) is 0 Å². The van der Waals surface area contributed by atoms with Crippen molar-refractivity contribution in [3.05, 3.63) is 61.1 Å². The van der Waals surface area contributed by atoms with Crippen LogP contribution in [0.4, 0.5) is 0 Å². The van der Waals surface area contributed by atoms with Crippen molar-refractivity contribution >= 4 is 5.91 Å². The molecule has 1 saturated heterocycles. The highest BCUT2D eigenvalue weighted by Gasteiger charge is 2.26. The van der Waals surface area contributed by atoms with Gasteiger partial charge in [0.25, 0.3) is 5.91 Å². The lowest BCUT2D eigenvalue weighted by Crippen LogP contribution is -2.40. The van der Waals surface area contributed by atoms with Crippen molar-refractivity contribution in [2.75, 3.05) is 13.1 Å². The maximum atomic E-state index is 12.9. The molecule has 0 bridgehead atoms. The molecule has 122 valence electrons. The summed E-state index contributed by atoms with van der Waals surface area (Å²) in [5, 5.41) is 4.31. The molecule has 0 unspecified atom stereocenters. The van der Waals surface area contributed by atoms with Gasteiger partial charge < -0.3 is 4.90 Å². The highest BCUT2D eigenvalue weighted by atomic mass is 16.2. The average molecular weight is 322 g/mol. The molecule has 1 atom stereocenters. The molecule has 3 aromatic rings. The fraction of sp³-hybridized carbons (Fsp3) is 0.294. The first-order chi connectivity index (χ1) is 11.8. The predicted octanol–water partition coefficient (Wildman–Crippen LogP) is 1.94. The largest absolute Gasteiger partial charge is 0.336 e. The Morgan fingerprint density at radius 3 is 2.96 bits per heavy atom. The lowest BCUT2D eigenvalue weighted by atomic mass is 10.0. The number of piperidine rings is 1. The lowest BCUT2D eigenvalue weighted by Gasteiger charge is -2.33. The Hall–Kier alpha value is -2.96. The fourth-order valence-electron chi connectivity index (χ4n) is 3.12. The van der Waals surface area contributed by atoms with E-state index in [1.807, 2.05) is 34.1 Å². The van der Waals surface area contributed by atoms with Gasteiger partial charge >= 0.3 is 0 Å². The summed E-state index contributed by atoms with van der Waals surface area (Å²) in [6, 6.07) is 5.73. The fourth-order valence-corrected chi connectivity index (χ4v) is 3.12. The van der Waals surface area contributed by atoms with E-state index in [1.54, 1.807) is 35.6 Å². The van der Waals surface area contributed by atoms with Gasteiger partial charge in [0.05, 0.1) is 6.04 Å². The van der Waals surface area contributed by atoms with E-state index in [0.29, 0.717) is 17.9 Å². The zero-order valence-electron chi connectivity index (χ0n) is 13.2. The second kappa shape index (κ2) is 6.27. The number of amides is 1. The third kappa shape index (κ3) is 2.80. The normalized spacial score (nSPS) is 17.8. The molecule has 7 heteroatoms. The first kappa shape index (κ1) is 14.6. The Morgan fingerprint density at radius 1 is 1.21 bits per heavy atom. The molecule has 1 amide bonds. The number of pyridine rings is 1. The van der Waals surface area contributed by atoms with E-state index in [2.05, 4.69) is 15.1 Å². The van der Waals surface area contributed by atoms with Gasteiger partial charge in [-0.05, 0) is 31.0 Å². The SMILES string of the molecule is O=C(c1ccnc(-n2ccnc2)c1)N1CCC[C@@H](n2cccn2)C1. The van der Waals surface area contributed by atoms with E-state index in [9.17, 15) is 4.79 Å². The van der Waals surface area contributed by atoms with Crippen LogP contribution in [0.15, 0.2) is 55.5 Å². The molecule has 0 spiro atoms. The number of likely N-dealkylation sites (tertiary alicyclic amines) is 1. The minimum Gasteiger partial charge on any atom is -0.336 e. The molecule has 1 aliphatic rings. The van der Waals surface area contributed by atoms with E-state index in [0.717, 1.165) is 19.4 Å². The van der Waals surface area contributed by atoms with Gasteiger partial charge in [0.15, 0.2) is 0 Å². The van der Waals surface area contributed by atoms with Crippen LogP contribution in [0, 0.1) is 0 Å². The average Bonchev–Trinajstić information content (AvgIpc) is 3.35. The summed E-state index contributed by atoms with van der Waals surface area (Å²) < 4.78 is 3.74. The number of carbonyl (C=O) groups is 1. The molecule has 0 radical (unpaired) electrons. The van der Waals surface area contributed by atoms with Crippen molar-refractivity contribution in [3.63, 3.8) is 0 Å². The van der Waals surface area contributed by atoms with Crippen LogP contribution < -0.4 is 0 Å². The number of nitrogens with zero attached hydrogens (tertiary/aromatic N) is 6. The summed E-state index contributed by atoms with van der Waals surface area (Å²) >= 11 is 0. The highest BCUT2D eigenvalue weighted by Crippen LogP contribution is 2.22. The van der Waals surface area contributed by atoms with Crippen LogP contribution in [0.5, 0.6) is 0 Å². The lowest BCUT2D eigenvalue weighted by molar-refractivity contribution is 0.0673. The van der Waals surface area contributed by atoms with Crippen molar-refractivity contribution < 1.29 is 4.79 Å². The maximum absolute atomic E-state index is 12.9. The molecular weight excluding hydrogens is 304 g/mol. The number of hydrogen-bond donors (Lipinski definition) is 0. The Morgan fingerprint density at radius 2 is 2.17 bits per heavy atom. The van der Waals surface area contributed by atoms with Gasteiger partial charge in [0, 0.05) is 49.6 Å². The summed E-state index contributed by atoms with van der Waals surface area (Å²) in [5.41, 5.74) is 0.648. The van der Waals surface area contributed by atoms with Crippen LogP contribution in [-0.4, -0.2) is 48.2 Å². The van der Waals surface area contributed by atoms with Crippen LogP contribution >= 0.6 is 0 Å². The molecule has 24 heavy (non-hydrogen) atoms. The molecule has 0 aliphatic carbocycles. The first-order valence-electron chi connectivity index (χ1n) is 8.04. The van der Waals surface area contributed by atoms with Gasteiger partial charge in [-0.1, -0.05) is 0 Å². The topological polar surface area (TPSA) is 68.8 Å². The van der Waals surface area contributed by atoms with Crippen LogP contribution in [0.2, 0.25) is 0 Å². The smallest absolute Gasteiger partial charge is 0.254 e. The predicted molar refractivity (Wildman–Crippen MR) is 87.8 cm³/mol.